The number of aromatic nitrogens is 2. The van der Waals surface area contributed by atoms with Crippen molar-refractivity contribution in [2.45, 2.75) is 65.3 Å². The summed E-state index contributed by atoms with van der Waals surface area (Å²) in [6.07, 6.45) is 13.3. The van der Waals surface area contributed by atoms with Crippen molar-refractivity contribution in [3.63, 3.8) is 0 Å². The van der Waals surface area contributed by atoms with Crippen LogP contribution in [-0.4, -0.2) is 4.98 Å². The zero-order chi connectivity index (χ0) is 10.9. The lowest BCUT2D eigenvalue weighted by Gasteiger charge is -2.00. The first-order chi connectivity index (χ1) is 7.38. The van der Waals surface area contributed by atoms with Crippen LogP contribution in [0.5, 0.6) is 0 Å². The molecule has 1 aromatic rings. The molecule has 15 heavy (non-hydrogen) atoms. The van der Waals surface area contributed by atoms with Gasteiger partial charge in [0.25, 0.3) is 5.82 Å². The molecule has 0 amide bonds. The van der Waals surface area contributed by atoms with E-state index >= 15 is 0 Å². The van der Waals surface area contributed by atoms with Gasteiger partial charge in [-0.05, 0) is 19.3 Å². The third kappa shape index (κ3) is 4.50. The Labute approximate surface area is 93.7 Å². The van der Waals surface area contributed by atoms with E-state index in [1.54, 1.807) is 0 Å². The van der Waals surface area contributed by atoms with Crippen molar-refractivity contribution in [1.29, 1.82) is 0 Å². The normalized spacial score (nSPS) is 10.8. The number of rotatable bonds is 8. The van der Waals surface area contributed by atoms with E-state index in [4.69, 9.17) is 0 Å². The minimum Gasteiger partial charge on any atom is -0.248 e. The highest BCUT2D eigenvalue weighted by Gasteiger charge is 2.08. The van der Waals surface area contributed by atoms with Crippen molar-refractivity contribution in [2.75, 3.05) is 0 Å². The van der Waals surface area contributed by atoms with Gasteiger partial charge in [-0.3, -0.25) is 0 Å². The highest BCUT2D eigenvalue weighted by Crippen LogP contribution is 2.01. The Morgan fingerprint density at radius 1 is 1.07 bits per heavy atom. The van der Waals surface area contributed by atoms with Gasteiger partial charge in [-0.25, -0.2) is 9.55 Å². The standard InChI is InChI=1S/C13H24N2/c1-3-5-7-9-13-14-10-12-15(13)11-8-6-4-2/h10,12H,3-9,11H2,1-2H3/p+1. The third-order valence-electron chi connectivity index (χ3n) is 2.87. The first-order valence-corrected chi connectivity index (χ1v) is 6.44. The summed E-state index contributed by atoms with van der Waals surface area (Å²) in [6, 6.07) is 0. The summed E-state index contributed by atoms with van der Waals surface area (Å²) in [5.41, 5.74) is 0. The number of nitrogens with zero attached hydrogens (tertiary/aromatic N) is 1. The summed E-state index contributed by atoms with van der Waals surface area (Å²) in [6.45, 7) is 5.69. The van der Waals surface area contributed by atoms with Crippen LogP contribution in [0.3, 0.4) is 0 Å². The summed E-state index contributed by atoms with van der Waals surface area (Å²) in [7, 11) is 0. The van der Waals surface area contributed by atoms with Crippen LogP contribution in [0.1, 0.15) is 58.2 Å². The molecule has 1 rings (SSSR count). The van der Waals surface area contributed by atoms with Crippen LogP contribution >= 0.6 is 0 Å². The maximum absolute atomic E-state index is 3.35. The maximum Gasteiger partial charge on any atom is 0.254 e. The van der Waals surface area contributed by atoms with Crippen LogP contribution < -0.4 is 4.57 Å². The molecule has 0 spiro atoms. The van der Waals surface area contributed by atoms with Crippen molar-refractivity contribution in [3.05, 3.63) is 18.2 Å². The first-order valence-electron chi connectivity index (χ1n) is 6.44. The smallest absolute Gasteiger partial charge is 0.248 e. The fourth-order valence-corrected chi connectivity index (χ4v) is 1.90. The Morgan fingerprint density at radius 2 is 1.80 bits per heavy atom. The van der Waals surface area contributed by atoms with Gasteiger partial charge in [0.1, 0.15) is 12.4 Å². The summed E-state index contributed by atoms with van der Waals surface area (Å²) in [5.74, 6) is 1.40. The largest absolute Gasteiger partial charge is 0.254 e. The minimum absolute atomic E-state index is 1.18. The average molecular weight is 209 g/mol. The molecule has 0 bridgehead atoms. The Balaban J connectivity index is 2.32. The van der Waals surface area contributed by atoms with E-state index < -0.39 is 0 Å². The van der Waals surface area contributed by atoms with Crippen LogP contribution in [0.25, 0.3) is 0 Å². The molecule has 2 heteroatoms. The maximum atomic E-state index is 3.35. The highest BCUT2D eigenvalue weighted by atomic mass is 15.1. The van der Waals surface area contributed by atoms with Gasteiger partial charge in [0, 0.05) is 6.42 Å². The van der Waals surface area contributed by atoms with Crippen molar-refractivity contribution in [1.82, 2.24) is 4.98 Å². The number of hydrogen-bond donors (Lipinski definition) is 1. The highest BCUT2D eigenvalue weighted by molar-refractivity contribution is 4.77. The molecule has 0 aliphatic carbocycles. The second-order valence-electron chi connectivity index (χ2n) is 4.26. The fourth-order valence-electron chi connectivity index (χ4n) is 1.90. The van der Waals surface area contributed by atoms with Crippen molar-refractivity contribution in [2.24, 2.45) is 0 Å². The molecule has 1 heterocycles. The summed E-state index contributed by atoms with van der Waals surface area (Å²) in [5, 5.41) is 0. The second-order valence-corrected chi connectivity index (χ2v) is 4.26. The van der Waals surface area contributed by atoms with Gasteiger partial charge in [-0.1, -0.05) is 33.1 Å². The Morgan fingerprint density at radius 3 is 2.53 bits per heavy atom. The number of aromatic amines is 1. The fraction of sp³-hybridized carbons (Fsp3) is 0.769. The van der Waals surface area contributed by atoms with Crippen molar-refractivity contribution >= 4 is 0 Å². The molecule has 0 unspecified atom stereocenters. The Hall–Kier alpha value is -0.790. The van der Waals surface area contributed by atoms with E-state index in [2.05, 4.69) is 35.8 Å². The topological polar surface area (TPSA) is 19.7 Å². The molecule has 1 aromatic heterocycles. The average Bonchev–Trinajstić information content (AvgIpc) is 2.67. The number of nitrogens with one attached hydrogen (secondary N) is 1. The van der Waals surface area contributed by atoms with E-state index in [0.29, 0.717) is 0 Å². The number of unbranched alkanes of at least 4 members (excludes halogenated alkanes) is 4. The Bertz CT molecular complexity index is 228. The predicted octanol–water partition coefficient (Wildman–Crippen LogP) is 3.23. The lowest BCUT2D eigenvalue weighted by Crippen LogP contribution is -2.36. The van der Waals surface area contributed by atoms with Gasteiger partial charge < -0.3 is 0 Å². The second kappa shape index (κ2) is 7.49. The van der Waals surface area contributed by atoms with Gasteiger partial charge in [-0.15, -0.1) is 0 Å². The van der Waals surface area contributed by atoms with E-state index in [9.17, 15) is 0 Å². The van der Waals surface area contributed by atoms with E-state index in [1.807, 2.05) is 0 Å². The molecular weight excluding hydrogens is 184 g/mol. The number of H-pyrrole nitrogens is 1. The molecule has 0 aromatic carbocycles. The monoisotopic (exact) mass is 209 g/mol. The summed E-state index contributed by atoms with van der Waals surface area (Å²) in [4.78, 5) is 3.35. The minimum atomic E-state index is 1.18. The molecule has 0 atom stereocenters. The lowest BCUT2D eigenvalue weighted by atomic mass is 10.2. The van der Waals surface area contributed by atoms with Crippen molar-refractivity contribution < 1.29 is 4.57 Å². The van der Waals surface area contributed by atoms with Crippen LogP contribution in [-0.2, 0) is 13.0 Å². The molecule has 1 N–H and O–H groups in total. The zero-order valence-electron chi connectivity index (χ0n) is 10.3. The van der Waals surface area contributed by atoms with Crippen LogP contribution in [0, 0.1) is 0 Å². The molecule has 0 aliphatic rings. The zero-order valence-corrected chi connectivity index (χ0v) is 10.3. The molecule has 2 nitrogen and oxygen atoms in total. The molecule has 0 fully saturated rings. The van der Waals surface area contributed by atoms with Gasteiger partial charge in [0.2, 0.25) is 0 Å². The van der Waals surface area contributed by atoms with E-state index in [-0.39, 0.29) is 0 Å². The summed E-state index contributed by atoms with van der Waals surface area (Å²) >= 11 is 0. The van der Waals surface area contributed by atoms with Gasteiger partial charge in [-0.2, -0.15) is 0 Å². The first kappa shape index (κ1) is 12.3. The molecule has 0 radical (unpaired) electrons. The van der Waals surface area contributed by atoms with E-state index in [0.717, 1.165) is 0 Å². The molecular formula is C13H25N2+. The van der Waals surface area contributed by atoms with Gasteiger partial charge in [0.05, 0.1) is 6.54 Å². The number of hydrogen-bond acceptors (Lipinski definition) is 0. The predicted molar refractivity (Wildman–Crippen MR) is 63.7 cm³/mol. The molecule has 86 valence electrons. The summed E-state index contributed by atoms with van der Waals surface area (Å²) < 4.78 is 2.38. The van der Waals surface area contributed by atoms with Crippen molar-refractivity contribution in [3.8, 4) is 0 Å². The van der Waals surface area contributed by atoms with Crippen LogP contribution in [0.2, 0.25) is 0 Å². The molecule has 0 saturated carbocycles. The SMILES string of the molecule is CCCCCc1[nH]cc[n+]1CCCCC. The van der Waals surface area contributed by atoms with Crippen LogP contribution in [0.15, 0.2) is 12.4 Å². The Kier molecular flexibility index (Phi) is 6.14. The molecule has 0 saturated heterocycles. The third-order valence-corrected chi connectivity index (χ3v) is 2.87. The van der Waals surface area contributed by atoms with Gasteiger partial charge >= 0.3 is 0 Å². The van der Waals surface area contributed by atoms with Crippen LogP contribution in [0.4, 0.5) is 0 Å². The quantitative estimate of drug-likeness (QED) is 0.501. The van der Waals surface area contributed by atoms with E-state index in [1.165, 1.54) is 57.3 Å². The number of imidazole rings is 1. The lowest BCUT2D eigenvalue weighted by molar-refractivity contribution is -0.703. The van der Waals surface area contributed by atoms with Gasteiger partial charge in [0.15, 0.2) is 0 Å². The molecule has 0 aliphatic heterocycles. The number of aryl methyl sites for hydroxylation is 2.